The minimum Gasteiger partial charge on any atom is -0.481 e. The molecule has 0 aliphatic carbocycles. The summed E-state index contributed by atoms with van der Waals surface area (Å²) in [5, 5.41) is 15.5. The monoisotopic (exact) mass is 285 g/mol. The van der Waals surface area contributed by atoms with Gasteiger partial charge in [0.2, 0.25) is 5.91 Å². The Morgan fingerprint density at radius 3 is 2.74 bits per heavy atom. The lowest BCUT2D eigenvalue weighted by Gasteiger charge is -2.29. The highest BCUT2D eigenvalue weighted by Gasteiger charge is 2.31. The lowest BCUT2D eigenvalue weighted by Crippen LogP contribution is -2.51. The fourth-order valence-electron chi connectivity index (χ4n) is 1.86. The Morgan fingerprint density at radius 1 is 1.58 bits per heavy atom. The minimum absolute atomic E-state index is 0.154. The van der Waals surface area contributed by atoms with Gasteiger partial charge in [0.05, 0.1) is 24.5 Å². The second-order valence-electron chi connectivity index (χ2n) is 4.83. The van der Waals surface area contributed by atoms with Gasteiger partial charge in [0, 0.05) is 7.11 Å². The minimum atomic E-state index is -0.969. The summed E-state index contributed by atoms with van der Waals surface area (Å²) in [6.45, 7) is 3.62. The molecule has 0 fully saturated rings. The summed E-state index contributed by atoms with van der Waals surface area (Å²) in [6.07, 6.45) is -0.178. The van der Waals surface area contributed by atoms with E-state index in [2.05, 4.69) is 5.32 Å². The molecule has 2 unspecified atom stereocenters. The van der Waals surface area contributed by atoms with Gasteiger partial charge in [0.15, 0.2) is 0 Å². The van der Waals surface area contributed by atoms with E-state index in [4.69, 9.17) is 9.84 Å². The Hall–Kier alpha value is -1.40. The third-order valence-electron chi connectivity index (χ3n) is 2.87. The number of aliphatic carboxylic acids is 1. The summed E-state index contributed by atoms with van der Waals surface area (Å²) in [6, 6.07) is 1.89. The lowest BCUT2D eigenvalue weighted by molar-refractivity contribution is -0.139. The van der Waals surface area contributed by atoms with Crippen molar-refractivity contribution in [3.05, 3.63) is 22.4 Å². The molecule has 0 saturated heterocycles. The van der Waals surface area contributed by atoms with Crippen LogP contribution in [0.25, 0.3) is 0 Å². The normalized spacial score (nSPS) is 15.5. The molecule has 106 valence electrons. The first kappa shape index (κ1) is 15.7. The fourth-order valence-corrected chi connectivity index (χ4v) is 2.62. The quantitative estimate of drug-likeness (QED) is 0.801. The molecule has 1 rings (SSSR count). The number of carbonyl (C=O) groups is 2. The van der Waals surface area contributed by atoms with Gasteiger partial charge in [-0.2, -0.15) is 11.3 Å². The average Bonchev–Trinajstić information content (AvgIpc) is 2.79. The fraction of sp³-hybridized carbons (Fsp3) is 0.538. The van der Waals surface area contributed by atoms with Crippen LogP contribution in [-0.4, -0.2) is 36.2 Å². The maximum Gasteiger partial charge on any atom is 0.305 e. The van der Waals surface area contributed by atoms with Gasteiger partial charge in [-0.15, -0.1) is 0 Å². The van der Waals surface area contributed by atoms with Crippen LogP contribution in [-0.2, 0) is 14.3 Å². The Kier molecular flexibility index (Phi) is 5.50. The summed E-state index contributed by atoms with van der Waals surface area (Å²) < 4.78 is 5.00. The number of rotatable bonds is 7. The molecule has 2 atom stereocenters. The van der Waals surface area contributed by atoms with E-state index in [0.29, 0.717) is 0 Å². The number of nitrogens with one attached hydrogen (secondary N) is 1. The van der Waals surface area contributed by atoms with Crippen molar-refractivity contribution in [3.63, 3.8) is 0 Å². The van der Waals surface area contributed by atoms with Crippen molar-refractivity contribution in [3.8, 4) is 0 Å². The van der Waals surface area contributed by atoms with Gasteiger partial charge in [0.1, 0.15) is 0 Å². The van der Waals surface area contributed by atoms with E-state index in [1.165, 1.54) is 18.4 Å². The Bertz CT molecular complexity index is 432. The number of carboxylic acid groups (broad SMARTS) is 1. The van der Waals surface area contributed by atoms with Crippen molar-refractivity contribution in [1.82, 2.24) is 5.32 Å². The largest absolute Gasteiger partial charge is 0.481 e. The molecule has 0 aromatic carbocycles. The summed E-state index contributed by atoms with van der Waals surface area (Å²) in [7, 11) is 1.48. The predicted molar refractivity (Wildman–Crippen MR) is 73.4 cm³/mol. The van der Waals surface area contributed by atoms with E-state index in [-0.39, 0.29) is 24.9 Å². The molecular weight excluding hydrogens is 266 g/mol. The number of amides is 1. The van der Waals surface area contributed by atoms with Crippen molar-refractivity contribution in [2.24, 2.45) is 0 Å². The SMILES string of the molecule is COCC(C)(CC(=O)O)NC(=O)C(C)c1ccsc1. The van der Waals surface area contributed by atoms with E-state index in [1.807, 2.05) is 16.8 Å². The standard InChI is InChI=1S/C13H19NO4S/c1-9(10-4-5-19-7-10)12(17)14-13(2,8-18-3)6-11(15)16/h4-5,7,9H,6,8H2,1-3H3,(H,14,17)(H,15,16). The van der Waals surface area contributed by atoms with Crippen LogP contribution in [0, 0.1) is 0 Å². The van der Waals surface area contributed by atoms with Gasteiger partial charge in [-0.1, -0.05) is 0 Å². The molecule has 1 amide bonds. The van der Waals surface area contributed by atoms with Crippen molar-refractivity contribution < 1.29 is 19.4 Å². The lowest BCUT2D eigenvalue weighted by atomic mass is 9.96. The molecule has 19 heavy (non-hydrogen) atoms. The van der Waals surface area contributed by atoms with E-state index >= 15 is 0 Å². The molecule has 0 spiro atoms. The predicted octanol–water partition coefficient (Wildman–Crippen LogP) is 1.85. The van der Waals surface area contributed by atoms with Crippen molar-refractivity contribution in [1.29, 1.82) is 0 Å². The average molecular weight is 285 g/mol. The van der Waals surface area contributed by atoms with Crippen LogP contribution in [0.1, 0.15) is 31.7 Å². The summed E-state index contributed by atoms with van der Waals surface area (Å²) >= 11 is 1.53. The first-order valence-electron chi connectivity index (χ1n) is 5.93. The van der Waals surface area contributed by atoms with Crippen LogP contribution in [0.2, 0.25) is 0 Å². The van der Waals surface area contributed by atoms with Crippen molar-refractivity contribution >= 4 is 23.2 Å². The summed E-state index contributed by atoms with van der Waals surface area (Å²) in [5.41, 5.74) is 0.0275. The zero-order chi connectivity index (χ0) is 14.5. The molecule has 0 aliphatic rings. The number of ether oxygens (including phenoxy) is 1. The Morgan fingerprint density at radius 2 is 2.26 bits per heavy atom. The molecule has 2 N–H and O–H groups in total. The maximum atomic E-state index is 12.2. The van der Waals surface area contributed by atoms with Crippen LogP contribution in [0.4, 0.5) is 0 Å². The van der Waals surface area contributed by atoms with Gasteiger partial charge in [-0.05, 0) is 36.2 Å². The summed E-state index contributed by atoms with van der Waals surface area (Å²) in [4.78, 5) is 23.0. The highest BCUT2D eigenvalue weighted by Crippen LogP contribution is 2.20. The van der Waals surface area contributed by atoms with Crippen LogP contribution >= 0.6 is 11.3 Å². The molecule has 0 aliphatic heterocycles. The molecule has 0 saturated carbocycles. The second kappa shape index (κ2) is 6.68. The van der Waals surface area contributed by atoms with Crippen molar-refractivity contribution in [2.75, 3.05) is 13.7 Å². The van der Waals surface area contributed by atoms with E-state index in [1.54, 1.807) is 13.8 Å². The number of methoxy groups -OCH3 is 1. The highest BCUT2D eigenvalue weighted by atomic mass is 32.1. The van der Waals surface area contributed by atoms with E-state index < -0.39 is 11.5 Å². The molecule has 6 heteroatoms. The number of hydrogen-bond donors (Lipinski definition) is 2. The molecule has 1 aromatic rings. The van der Waals surface area contributed by atoms with E-state index in [9.17, 15) is 9.59 Å². The number of hydrogen-bond acceptors (Lipinski definition) is 4. The Labute approximate surface area is 116 Å². The molecule has 5 nitrogen and oxygen atoms in total. The molecule has 1 aromatic heterocycles. The highest BCUT2D eigenvalue weighted by molar-refractivity contribution is 7.08. The summed E-state index contributed by atoms with van der Waals surface area (Å²) in [5.74, 6) is -1.47. The van der Waals surface area contributed by atoms with Gasteiger partial charge >= 0.3 is 5.97 Å². The second-order valence-corrected chi connectivity index (χ2v) is 5.61. The van der Waals surface area contributed by atoms with Gasteiger partial charge in [-0.25, -0.2) is 0 Å². The van der Waals surface area contributed by atoms with Gasteiger partial charge in [-0.3, -0.25) is 9.59 Å². The number of carboxylic acids is 1. The van der Waals surface area contributed by atoms with Gasteiger partial charge in [0.25, 0.3) is 0 Å². The van der Waals surface area contributed by atoms with Crippen LogP contribution in [0.3, 0.4) is 0 Å². The Balaban J connectivity index is 2.73. The molecule has 0 bridgehead atoms. The smallest absolute Gasteiger partial charge is 0.305 e. The first-order chi connectivity index (χ1) is 8.88. The number of carbonyl (C=O) groups excluding carboxylic acids is 1. The third-order valence-corrected chi connectivity index (χ3v) is 3.57. The van der Waals surface area contributed by atoms with Crippen molar-refractivity contribution in [2.45, 2.75) is 31.7 Å². The van der Waals surface area contributed by atoms with Crippen LogP contribution in [0.5, 0.6) is 0 Å². The zero-order valence-corrected chi connectivity index (χ0v) is 12.1. The zero-order valence-electron chi connectivity index (χ0n) is 11.3. The third kappa shape index (κ3) is 4.65. The molecular formula is C13H19NO4S. The van der Waals surface area contributed by atoms with Crippen LogP contribution < -0.4 is 5.32 Å². The first-order valence-corrected chi connectivity index (χ1v) is 6.87. The molecule has 1 heterocycles. The van der Waals surface area contributed by atoms with Gasteiger partial charge < -0.3 is 15.2 Å². The van der Waals surface area contributed by atoms with E-state index in [0.717, 1.165) is 5.56 Å². The number of thiophene rings is 1. The maximum absolute atomic E-state index is 12.2. The molecule has 0 radical (unpaired) electrons. The topological polar surface area (TPSA) is 75.6 Å². The van der Waals surface area contributed by atoms with Crippen LogP contribution in [0.15, 0.2) is 16.8 Å².